The lowest BCUT2D eigenvalue weighted by Gasteiger charge is -1.93. The first kappa shape index (κ1) is 23.2. The Hall–Kier alpha value is -2.72. The van der Waals surface area contributed by atoms with Crippen molar-refractivity contribution in [2.45, 2.75) is 13.8 Å². The van der Waals surface area contributed by atoms with Gasteiger partial charge in [0.2, 0.25) is 0 Å². The third-order valence-electron chi connectivity index (χ3n) is 6.54. The molecule has 0 aliphatic heterocycles. The van der Waals surface area contributed by atoms with Gasteiger partial charge in [0, 0.05) is 28.9 Å². The highest BCUT2D eigenvalue weighted by Crippen LogP contribution is 2.47. The number of thiophene rings is 4. The molecule has 0 bridgehead atoms. The Labute approximate surface area is 243 Å². The molecule has 8 aromatic rings. The fourth-order valence-electron chi connectivity index (χ4n) is 4.67. The van der Waals surface area contributed by atoms with Crippen LogP contribution >= 0.6 is 68.0 Å². The van der Waals surface area contributed by atoms with Gasteiger partial charge in [-0.25, -0.2) is 9.97 Å². The summed E-state index contributed by atoms with van der Waals surface area (Å²) < 4.78 is 2.67. The van der Waals surface area contributed by atoms with E-state index in [1.807, 2.05) is 45.3 Å². The summed E-state index contributed by atoms with van der Waals surface area (Å²) in [6.45, 7) is 4.39. The van der Waals surface area contributed by atoms with E-state index >= 15 is 0 Å². The summed E-state index contributed by atoms with van der Waals surface area (Å²) in [6.07, 6.45) is 0. The van der Waals surface area contributed by atoms with Crippen LogP contribution in [-0.4, -0.2) is 9.97 Å². The molecule has 2 aromatic carbocycles. The molecule has 6 aromatic heterocycles. The summed E-state index contributed by atoms with van der Waals surface area (Å²) in [4.78, 5) is 20.0. The van der Waals surface area contributed by atoms with Gasteiger partial charge in [0.1, 0.15) is 10.0 Å². The minimum atomic E-state index is 1.03. The number of rotatable bonds is 4. The predicted molar refractivity (Wildman–Crippen MR) is 173 cm³/mol. The van der Waals surface area contributed by atoms with E-state index < -0.39 is 0 Å². The van der Waals surface area contributed by atoms with Crippen molar-refractivity contribution in [2.75, 3.05) is 0 Å². The maximum absolute atomic E-state index is 5.06. The highest BCUT2D eigenvalue weighted by atomic mass is 32.1. The third-order valence-corrected chi connectivity index (χ3v) is 14.0. The molecule has 0 spiro atoms. The molecule has 0 aliphatic rings. The molecule has 0 saturated carbocycles. The summed E-state index contributed by atoms with van der Waals surface area (Å²) in [5.74, 6) is 0. The average molecular weight is 599 g/mol. The average Bonchev–Trinajstić information content (AvgIpc) is 3.73. The maximum atomic E-state index is 5.06. The van der Waals surface area contributed by atoms with E-state index in [1.165, 1.54) is 60.6 Å². The van der Waals surface area contributed by atoms with Crippen molar-refractivity contribution in [3.05, 3.63) is 83.9 Å². The molecular weight excluding hydrogens is 581 g/mol. The van der Waals surface area contributed by atoms with Crippen LogP contribution in [-0.2, 0) is 0 Å². The number of hydrogen-bond acceptors (Lipinski definition) is 8. The Kier molecular flexibility index (Phi) is 5.44. The van der Waals surface area contributed by atoms with Gasteiger partial charge in [-0.2, -0.15) is 0 Å². The van der Waals surface area contributed by atoms with E-state index in [1.54, 1.807) is 22.7 Å². The lowest BCUT2D eigenvalue weighted by molar-refractivity contribution is 1.47. The molecule has 0 radical (unpaired) electrons. The molecule has 0 unspecified atom stereocenters. The number of fused-ring (bicyclic) bond motifs is 3. The SMILES string of the molecule is Cc1cc(-c2cc3ccccc3s2)sc1-c1nc2sc(-c3sc(-c4cc5ccccc5s4)cc3C)nc2s1. The number of hydrogen-bond donors (Lipinski definition) is 0. The van der Waals surface area contributed by atoms with Crippen LogP contribution in [0.15, 0.2) is 72.8 Å². The van der Waals surface area contributed by atoms with Gasteiger partial charge in [-0.05, 0) is 72.1 Å². The second kappa shape index (κ2) is 8.91. The van der Waals surface area contributed by atoms with Crippen LogP contribution in [0.25, 0.3) is 69.1 Å². The smallest absolute Gasteiger partial charge is 0.155 e. The lowest BCUT2D eigenvalue weighted by Crippen LogP contribution is -1.73. The van der Waals surface area contributed by atoms with E-state index in [-0.39, 0.29) is 0 Å². The third kappa shape index (κ3) is 3.82. The van der Waals surface area contributed by atoms with Crippen molar-refractivity contribution in [1.82, 2.24) is 9.97 Å². The second-order valence-corrected chi connectivity index (χ2v) is 15.4. The Morgan fingerprint density at radius 2 is 0.895 bits per heavy atom. The number of benzene rings is 2. The molecule has 0 N–H and O–H groups in total. The first-order valence-corrected chi connectivity index (χ1v) is 17.0. The van der Waals surface area contributed by atoms with Crippen molar-refractivity contribution in [3.63, 3.8) is 0 Å². The molecule has 6 heterocycles. The molecule has 2 nitrogen and oxygen atoms in total. The van der Waals surface area contributed by atoms with Gasteiger partial charge in [0.05, 0.1) is 9.75 Å². The van der Waals surface area contributed by atoms with Crippen LogP contribution < -0.4 is 0 Å². The van der Waals surface area contributed by atoms with E-state index in [0.717, 1.165) is 19.7 Å². The monoisotopic (exact) mass is 598 g/mol. The lowest BCUT2D eigenvalue weighted by atomic mass is 10.2. The molecule has 8 heteroatoms. The highest BCUT2D eigenvalue weighted by molar-refractivity contribution is 7.33. The number of nitrogens with zero attached hydrogens (tertiary/aromatic N) is 2. The van der Waals surface area contributed by atoms with Crippen LogP contribution in [0.3, 0.4) is 0 Å². The Balaban J connectivity index is 1.12. The Bertz CT molecular complexity index is 1880. The van der Waals surface area contributed by atoms with E-state index in [0.29, 0.717) is 0 Å². The van der Waals surface area contributed by atoms with Crippen molar-refractivity contribution in [1.29, 1.82) is 0 Å². The van der Waals surface area contributed by atoms with Crippen LogP contribution in [0.5, 0.6) is 0 Å². The summed E-state index contributed by atoms with van der Waals surface area (Å²) in [5.41, 5.74) is 2.57. The standard InChI is InChI=1S/C30H18N2S6/c1-15-11-21(23-13-17-7-3-5-9-19(17)33-23)35-25(15)27-31-29-30(37-27)32-28(38-29)26-16(2)12-22(36-26)24-14-18-8-4-6-10-20(18)34-24/h3-14H,1-2H3. The zero-order valence-corrected chi connectivity index (χ0v) is 25.2. The van der Waals surface area contributed by atoms with Gasteiger partial charge in [0.15, 0.2) is 9.66 Å². The van der Waals surface area contributed by atoms with Gasteiger partial charge in [-0.1, -0.05) is 59.1 Å². The quantitative estimate of drug-likeness (QED) is 0.201. The molecule has 8 rings (SSSR count). The fourth-order valence-corrected chi connectivity index (χ4v) is 11.6. The molecule has 0 saturated heterocycles. The van der Waals surface area contributed by atoms with Gasteiger partial charge in [-0.3, -0.25) is 0 Å². The number of aryl methyl sites for hydroxylation is 2. The van der Waals surface area contributed by atoms with Crippen LogP contribution in [0.1, 0.15) is 11.1 Å². The van der Waals surface area contributed by atoms with Gasteiger partial charge in [-0.15, -0.1) is 45.3 Å². The Morgan fingerprint density at radius 3 is 1.34 bits per heavy atom. The predicted octanol–water partition coefficient (Wildman–Crippen LogP) is 11.6. The van der Waals surface area contributed by atoms with Crippen LogP contribution in [0, 0.1) is 13.8 Å². The van der Waals surface area contributed by atoms with Crippen molar-refractivity contribution in [2.24, 2.45) is 0 Å². The first-order valence-electron chi connectivity index (χ1n) is 12.1. The molecule has 0 aliphatic carbocycles. The van der Waals surface area contributed by atoms with Crippen LogP contribution in [0.2, 0.25) is 0 Å². The summed E-state index contributed by atoms with van der Waals surface area (Å²) >= 11 is 10.8. The second-order valence-electron chi connectivity index (χ2n) is 9.19. The fraction of sp³-hybridized carbons (Fsp3) is 0.0667. The van der Waals surface area contributed by atoms with Crippen molar-refractivity contribution >= 4 is 97.9 Å². The zero-order chi connectivity index (χ0) is 25.4. The zero-order valence-electron chi connectivity index (χ0n) is 20.3. The molecule has 0 atom stereocenters. The number of thiazole rings is 2. The molecule has 38 heavy (non-hydrogen) atoms. The van der Waals surface area contributed by atoms with E-state index in [4.69, 9.17) is 9.97 Å². The van der Waals surface area contributed by atoms with E-state index in [2.05, 4.69) is 86.6 Å². The van der Waals surface area contributed by atoms with Gasteiger partial charge >= 0.3 is 0 Å². The van der Waals surface area contributed by atoms with Crippen molar-refractivity contribution < 1.29 is 0 Å². The largest absolute Gasteiger partial charge is 0.222 e. The first-order chi connectivity index (χ1) is 18.6. The topological polar surface area (TPSA) is 25.8 Å². The highest BCUT2D eigenvalue weighted by Gasteiger charge is 2.20. The molecule has 0 fully saturated rings. The molecule has 0 amide bonds. The Morgan fingerprint density at radius 1 is 0.474 bits per heavy atom. The number of aromatic nitrogens is 2. The molecule has 184 valence electrons. The minimum absolute atomic E-state index is 1.03. The summed E-state index contributed by atoms with van der Waals surface area (Å²) in [5, 5.41) is 4.78. The maximum Gasteiger partial charge on any atom is 0.155 e. The van der Waals surface area contributed by atoms with Crippen molar-refractivity contribution in [3.8, 4) is 39.3 Å². The van der Waals surface area contributed by atoms with Gasteiger partial charge < -0.3 is 0 Å². The summed E-state index contributed by atoms with van der Waals surface area (Å²) in [7, 11) is 0. The van der Waals surface area contributed by atoms with Crippen LogP contribution in [0.4, 0.5) is 0 Å². The van der Waals surface area contributed by atoms with Gasteiger partial charge in [0.25, 0.3) is 0 Å². The summed E-state index contributed by atoms with van der Waals surface area (Å²) in [6, 6.07) is 26.4. The van der Waals surface area contributed by atoms with E-state index in [9.17, 15) is 0 Å². The minimum Gasteiger partial charge on any atom is -0.222 e. The molecular formula is C30H18N2S6. The normalized spacial score (nSPS) is 11.9.